The average Bonchev–Trinajstić information content (AvgIpc) is 3.33. The van der Waals surface area contributed by atoms with Gasteiger partial charge in [-0.2, -0.15) is 0 Å². The molecule has 0 saturated carbocycles. The van der Waals surface area contributed by atoms with Crippen molar-refractivity contribution < 1.29 is 4.74 Å². The highest BCUT2D eigenvalue weighted by molar-refractivity contribution is 5.96. The van der Waals surface area contributed by atoms with Crippen LogP contribution in [0.2, 0.25) is 0 Å². The van der Waals surface area contributed by atoms with Crippen LogP contribution in [-0.2, 0) is 6.61 Å². The number of benzene rings is 4. The monoisotopic (exact) mass is 403 g/mol. The van der Waals surface area contributed by atoms with Crippen molar-refractivity contribution in [2.45, 2.75) is 25.0 Å². The van der Waals surface area contributed by atoms with Gasteiger partial charge in [0.05, 0.1) is 6.04 Å². The van der Waals surface area contributed by atoms with Crippen LogP contribution < -0.4 is 10.1 Å². The number of rotatable bonds is 4. The molecule has 1 heterocycles. The minimum absolute atomic E-state index is 0.293. The Kier molecular flexibility index (Phi) is 4.49. The molecule has 3 atom stereocenters. The molecule has 0 amide bonds. The maximum Gasteiger partial charge on any atom is 0.119 e. The van der Waals surface area contributed by atoms with Gasteiger partial charge in [-0.1, -0.05) is 91.0 Å². The molecule has 1 N–H and O–H groups in total. The molecule has 0 unspecified atom stereocenters. The van der Waals surface area contributed by atoms with Gasteiger partial charge in [0, 0.05) is 17.0 Å². The first-order valence-electron chi connectivity index (χ1n) is 11.1. The van der Waals surface area contributed by atoms with Crippen LogP contribution in [0.25, 0.3) is 10.8 Å². The second-order valence-electron chi connectivity index (χ2n) is 8.57. The summed E-state index contributed by atoms with van der Waals surface area (Å²) in [7, 11) is 0. The highest BCUT2D eigenvalue weighted by Crippen LogP contribution is 2.51. The van der Waals surface area contributed by atoms with Crippen molar-refractivity contribution in [1.82, 2.24) is 0 Å². The summed E-state index contributed by atoms with van der Waals surface area (Å²) in [6.07, 6.45) is 5.87. The standard InChI is InChI=1S/C29H25NO/c1-2-7-20(8-3-1)19-31-23-16-13-22(14-17-23)28-26-12-6-11-25(26)27-18-15-21-9-4-5-10-24(21)29(27)30-28/h1-11,13-18,25-26,28,30H,12,19H2/t25-,26+,28+/m1/s1. The van der Waals surface area contributed by atoms with Gasteiger partial charge in [0.1, 0.15) is 12.4 Å². The molecule has 0 radical (unpaired) electrons. The minimum Gasteiger partial charge on any atom is -0.489 e. The van der Waals surface area contributed by atoms with Crippen molar-refractivity contribution in [3.8, 4) is 5.75 Å². The lowest BCUT2D eigenvalue weighted by Crippen LogP contribution is -2.29. The predicted octanol–water partition coefficient (Wildman–Crippen LogP) is 7.25. The Balaban J connectivity index is 1.29. The second-order valence-corrected chi connectivity index (χ2v) is 8.57. The first kappa shape index (κ1) is 18.3. The topological polar surface area (TPSA) is 21.3 Å². The number of anilines is 1. The van der Waals surface area contributed by atoms with Crippen molar-refractivity contribution in [2.24, 2.45) is 5.92 Å². The molecule has 0 spiro atoms. The lowest BCUT2D eigenvalue weighted by molar-refractivity contribution is 0.306. The molecule has 2 aliphatic rings. The summed E-state index contributed by atoms with van der Waals surface area (Å²) in [5.74, 6) is 1.93. The van der Waals surface area contributed by atoms with E-state index in [1.54, 1.807) is 0 Å². The zero-order chi connectivity index (χ0) is 20.6. The van der Waals surface area contributed by atoms with Gasteiger partial charge < -0.3 is 10.1 Å². The van der Waals surface area contributed by atoms with Gasteiger partial charge >= 0.3 is 0 Å². The molecule has 2 nitrogen and oxygen atoms in total. The van der Waals surface area contributed by atoms with Crippen LogP contribution in [-0.4, -0.2) is 0 Å². The van der Waals surface area contributed by atoms with E-state index in [2.05, 4.69) is 90.3 Å². The summed E-state index contributed by atoms with van der Waals surface area (Å²) in [4.78, 5) is 0. The van der Waals surface area contributed by atoms with E-state index in [9.17, 15) is 0 Å². The average molecular weight is 404 g/mol. The van der Waals surface area contributed by atoms with E-state index in [-0.39, 0.29) is 0 Å². The van der Waals surface area contributed by atoms with Crippen LogP contribution >= 0.6 is 0 Å². The normalized spacial score (nSPS) is 21.4. The van der Waals surface area contributed by atoms with E-state index in [0.717, 1.165) is 12.2 Å². The fourth-order valence-corrected chi connectivity index (χ4v) is 5.18. The van der Waals surface area contributed by atoms with Crippen LogP contribution in [0.5, 0.6) is 5.75 Å². The number of fused-ring (bicyclic) bond motifs is 5. The summed E-state index contributed by atoms with van der Waals surface area (Å²) >= 11 is 0. The molecule has 0 saturated heterocycles. The molecule has 2 heteroatoms. The zero-order valence-electron chi connectivity index (χ0n) is 17.4. The Bertz CT molecular complexity index is 1240. The van der Waals surface area contributed by atoms with Crippen molar-refractivity contribution in [3.63, 3.8) is 0 Å². The van der Waals surface area contributed by atoms with Gasteiger partial charge in [0.2, 0.25) is 0 Å². The molecule has 1 aliphatic carbocycles. The third-order valence-corrected chi connectivity index (χ3v) is 6.75. The SMILES string of the molecule is C1=C[C@H]2c3ccc4ccccc4c3N[C@@H](c3ccc(OCc4ccccc4)cc3)[C@H]2C1. The van der Waals surface area contributed by atoms with Gasteiger partial charge in [0.15, 0.2) is 0 Å². The van der Waals surface area contributed by atoms with Gasteiger partial charge in [-0.05, 0) is 46.5 Å². The summed E-state index contributed by atoms with van der Waals surface area (Å²) < 4.78 is 6.00. The maximum atomic E-state index is 6.00. The maximum absolute atomic E-state index is 6.00. The summed E-state index contributed by atoms with van der Waals surface area (Å²) in [6.45, 7) is 0.593. The van der Waals surface area contributed by atoms with E-state index in [0.29, 0.717) is 24.5 Å². The molecular weight excluding hydrogens is 378 g/mol. The van der Waals surface area contributed by atoms with E-state index < -0.39 is 0 Å². The van der Waals surface area contributed by atoms with Crippen molar-refractivity contribution in [2.75, 3.05) is 5.32 Å². The molecule has 0 aromatic heterocycles. The first-order chi connectivity index (χ1) is 15.4. The van der Waals surface area contributed by atoms with Crippen LogP contribution in [0.4, 0.5) is 5.69 Å². The van der Waals surface area contributed by atoms with Crippen molar-refractivity contribution >= 4 is 16.5 Å². The first-order valence-corrected chi connectivity index (χ1v) is 11.1. The Labute approximate surface area is 183 Å². The smallest absolute Gasteiger partial charge is 0.119 e. The van der Waals surface area contributed by atoms with Crippen LogP contribution in [0, 0.1) is 5.92 Å². The lowest BCUT2D eigenvalue weighted by atomic mass is 9.76. The molecule has 0 bridgehead atoms. The molecular formula is C29H25NO. The number of hydrogen-bond donors (Lipinski definition) is 1. The lowest BCUT2D eigenvalue weighted by Gasteiger charge is -2.38. The van der Waals surface area contributed by atoms with E-state index in [1.165, 1.54) is 33.2 Å². The van der Waals surface area contributed by atoms with Crippen LogP contribution in [0.1, 0.15) is 35.1 Å². The molecule has 6 rings (SSSR count). The van der Waals surface area contributed by atoms with Gasteiger partial charge in [0.25, 0.3) is 0 Å². The van der Waals surface area contributed by atoms with E-state index in [1.807, 2.05) is 18.2 Å². The number of ether oxygens (including phenoxy) is 1. The Morgan fingerprint density at radius 1 is 0.806 bits per heavy atom. The highest BCUT2D eigenvalue weighted by Gasteiger charge is 2.38. The van der Waals surface area contributed by atoms with E-state index >= 15 is 0 Å². The zero-order valence-corrected chi connectivity index (χ0v) is 17.4. The number of hydrogen-bond acceptors (Lipinski definition) is 2. The summed E-state index contributed by atoms with van der Waals surface area (Å²) in [5, 5.41) is 6.53. The Morgan fingerprint density at radius 2 is 1.61 bits per heavy atom. The molecule has 0 fully saturated rings. The van der Waals surface area contributed by atoms with Crippen molar-refractivity contribution in [1.29, 1.82) is 0 Å². The summed E-state index contributed by atoms with van der Waals surface area (Å²) in [6, 6.07) is 32.5. The van der Waals surface area contributed by atoms with Crippen LogP contribution in [0.15, 0.2) is 103 Å². The predicted molar refractivity (Wildman–Crippen MR) is 128 cm³/mol. The third kappa shape index (κ3) is 3.29. The van der Waals surface area contributed by atoms with Gasteiger partial charge in [-0.15, -0.1) is 0 Å². The van der Waals surface area contributed by atoms with E-state index in [4.69, 9.17) is 4.74 Å². The van der Waals surface area contributed by atoms with Gasteiger partial charge in [-0.25, -0.2) is 0 Å². The molecule has 1 aliphatic heterocycles. The van der Waals surface area contributed by atoms with Gasteiger partial charge in [-0.3, -0.25) is 0 Å². The fourth-order valence-electron chi connectivity index (χ4n) is 5.18. The molecule has 4 aromatic rings. The summed E-state index contributed by atoms with van der Waals surface area (Å²) in [5.41, 5.74) is 5.23. The number of allylic oxidation sites excluding steroid dienone is 2. The number of nitrogens with one attached hydrogen (secondary N) is 1. The fraction of sp³-hybridized carbons (Fsp3) is 0.172. The second kappa shape index (κ2) is 7.63. The largest absolute Gasteiger partial charge is 0.489 e. The minimum atomic E-state index is 0.293. The molecule has 31 heavy (non-hydrogen) atoms. The Hall–Kier alpha value is -3.52. The molecule has 4 aromatic carbocycles. The molecule has 152 valence electrons. The highest BCUT2D eigenvalue weighted by atomic mass is 16.5. The Morgan fingerprint density at radius 3 is 2.48 bits per heavy atom. The third-order valence-electron chi connectivity index (χ3n) is 6.75. The van der Waals surface area contributed by atoms with Crippen LogP contribution in [0.3, 0.4) is 0 Å². The quantitative estimate of drug-likeness (QED) is 0.362. The van der Waals surface area contributed by atoms with Crippen molar-refractivity contribution in [3.05, 3.63) is 120 Å².